The second-order valence-electron chi connectivity index (χ2n) is 4.55. The van der Waals surface area contributed by atoms with Crippen molar-refractivity contribution in [2.45, 2.75) is 6.42 Å². The average molecular weight is 285 g/mol. The third-order valence-corrected chi connectivity index (χ3v) is 3.16. The minimum atomic E-state index is -0.147. The molecular weight excluding hydrogens is 266 g/mol. The second kappa shape index (κ2) is 7.31. The number of carbonyl (C=O) groups excluding carboxylic acids is 1. The lowest BCUT2D eigenvalue weighted by molar-refractivity contribution is 0.0955. The van der Waals surface area contributed by atoms with Crippen LogP contribution in [0.2, 0.25) is 0 Å². The van der Waals surface area contributed by atoms with Gasteiger partial charge in [-0.1, -0.05) is 24.3 Å². The van der Waals surface area contributed by atoms with Crippen LogP contribution in [0.15, 0.2) is 48.5 Å². The molecule has 0 aliphatic rings. The Morgan fingerprint density at radius 2 is 2.00 bits per heavy atom. The lowest BCUT2D eigenvalue weighted by atomic mass is 10.1. The summed E-state index contributed by atoms with van der Waals surface area (Å²) in [6, 6.07) is 14.9. The molecule has 0 fully saturated rings. The normalized spacial score (nSPS) is 10.0. The van der Waals surface area contributed by atoms with Gasteiger partial charge in [0.15, 0.2) is 0 Å². The van der Waals surface area contributed by atoms with Gasteiger partial charge < -0.3 is 15.5 Å². The molecule has 0 saturated heterocycles. The van der Waals surface area contributed by atoms with Crippen molar-refractivity contribution >= 4 is 11.6 Å². The van der Waals surface area contributed by atoms with E-state index in [1.807, 2.05) is 30.3 Å². The third kappa shape index (κ3) is 3.97. The predicted molar refractivity (Wildman–Crippen MR) is 83.3 cm³/mol. The zero-order chi connectivity index (χ0) is 15.1. The van der Waals surface area contributed by atoms with Gasteiger partial charge in [-0.25, -0.2) is 0 Å². The van der Waals surface area contributed by atoms with Gasteiger partial charge in [-0.2, -0.15) is 0 Å². The molecule has 0 heterocycles. The van der Waals surface area contributed by atoms with Gasteiger partial charge in [0.25, 0.3) is 5.91 Å². The first kappa shape index (κ1) is 14.9. The van der Waals surface area contributed by atoms with Gasteiger partial charge in [-0.05, 0) is 36.2 Å². The number of methoxy groups -OCH3 is 1. The fraction of sp³-hybridized carbons (Fsp3) is 0.188. The Kier molecular flexibility index (Phi) is 5.17. The summed E-state index contributed by atoms with van der Waals surface area (Å²) in [7, 11) is 1.64. The molecule has 5 nitrogen and oxygen atoms in total. The van der Waals surface area contributed by atoms with Crippen molar-refractivity contribution in [3.63, 3.8) is 0 Å². The molecule has 2 rings (SSSR count). The van der Waals surface area contributed by atoms with E-state index in [1.54, 1.807) is 25.3 Å². The van der Waals surface area contributed by atoms with Crippen LogP contribution in [0.25, 0.3) is 0 Å². The molecule has 0 spiro atoms. The zero-order valence-electron chi connectivity index (χ0n) is 11.9. The first-order chi connectivity index (χ1) is 10.2. The SMILES string of the molecule is COc1cccc(CCNC(=O)c2ccccc2NN)c1. The Labute approximate surface area is 124 Å². The number of ether oxygens (including phenoxy) is 1. The molecule has 0 unspecified atom stereocenters. The van der Waals surface area contributed by atoms with Crippen molar-refractivity contribution in [1.82, 2.24) is 5.32 Å². The molecule has 110 valence electrons. The predicted octanol–water partition coefficient (Wildman–Crippen LogP) is 1.95. The van der Waals surface area contributed by atoms with Crippen LogP contribution < -0.4 is 21.3 Å². The van der Waals surface area contributed by atoms with E-state index in [2.05, 4.69) is 10.7 Å². The summed E-state index contributed by atoms with van der Waals surface area (Å²) in [5.41, 5.74) is 4.77. The van der Waals surface area contributed by atoms with Crippen molar-refractivity contribution < 1.29 is 9.53 Å². The molecule has 0 aromatic heterocycles. The molecule has 0 aliphatic carbocycles. The van der Waals surface area contributed by atoms with E-state index in [1.165, 1.54) is 0 Å². The highest BCUT2D eigenvalue weighted by Crippen LogP contribution is 2.14. The quantitative estimate of drug-likeness (QED) is 0.560. The Morgan fingerprint density at radius 3 is 2.76 bits per heavy atom. The van der Waals surface area contributed by atoms with Crippen LogP contribution >= 0.6 is 0 Å². The summed E-state index contributed by atoms with van der Waals surface area (Å²) < 4.78 is 5.17. The molecule has 0 atom stereocenters. The number of hydrazine groups is 1. The number of hydrogen-bond donors (Lipinski definition) is 3. The van der Waals surface area contributed by atoms with Crippen molar-refractivity contribution in [2.75, 3.05) is 19.1 Å². The molecule has 2 aromatic rings. The van der Waals surface area contributed by atoms with E-state index in [0.29, 0.717) is 17.8 Å². The van der Waals surface area contributed by atoms with Crippen LogP contribution in [0, 0.1) is 0 Å². The number of hydrogen-bond acceptors (Lipinski definition) is 4. The monoisotopic (exact) mass is 285 g/mol. The first-order valence-electron chi connectivity index (χ1n) is 6.71. The number of para-hydroxylation sites is 1. The average Bonchev–Trinajstić information content (AvgIpc) is 2.55. The zero-order valence-corrected chi connectivity index (χ0v) is 11.9. The molecule has 4 N–H and O–H groups in total. The Bertz CT molecular complexity index is 614. The summed E-state index contributed by atoms with van der Waals surface area (Å²) >= 11 is 0. The number of nitrogens with two attached hydrogens (primary N) is 1. The molecule has 21 heavy (non-hydrogen) atoms. The Morgan fingerprint density at radius 1 is 1.19 bits per heavy atom. The summed E-state index contributed by atoms with van der Waals surface area (Å²) in [5.74, 6) is 6.07. The molecule has 0 radical (unpaired) electrons. The minimum absolute atomic E-state index is 0.147. The Balaban J connectivity index is 1.92. The lowest BCUT2D eigenvalue weighted by Crippen LogP contribution is -2.27. The summed E-state index contributed by atoms with van der Waals surface area (Å²) in [6.45, 7) is 0.547. The highest BCUT2D eigenvalue weighted by molar-refractivity contribution is 5.99. The standard InChI is InChI=1S/C16H19N3O2/c1-21-13-6-4-5-12(11-13)9-10-18-16(20)14-7-2-3-8-15(14)19-17/h2-8,11,19H,9-10,17H2,1H3,(H,18,20). The fourth-order valence-corrected chi connectivity index (χ4v) is 2.05. The first-order valence-corrected chi connectivity index (χ1v) is 6.71. The highest BCUT2D eigenvalue weighted by Gasteiger charge is 2.09. The van der Waals surface area contributed by atoms with Gasteiger partial charge in [0.1, 0.15) is 5.75 Å². The van der Waals surface area contributed by atoms with Crippen molar-refractivity contribution in [3.05, 3.63) is 59.7 Å². The van der Waals surface area contributed by atoms with Gasteiger partial charge in [0.2, 0.25) is 0 Å². The van der Waals surface area contributed by atoms with Crippen molar-refractivity contribution in [2.24, 2.45) is 5.84 Å². The second-order valence-corrected chi connectivity index (χ2v) is 4.55. The number of amides is 1. The summed E-state index contributed by atoms with van der Waals surface area (Å²) in [5, 5.41) is 2.88. The molecule has 5 heteroatoms. The van der Waals surface area contributed by atoms with Crippen LogP contribution in [0.5, 0.6) is 5.75 Å². The molecule has 0 saturated carbocycles. The van der Waals surface area contributed by atoms with E-state index in [-0.39, 0.29) is 5.91 Å². The van der Waals surface area contributed by atoms with Crippen molar-refractivity contribution in [3.8, 4) is 5.75 Å². The van der Waals surface area contributed by atoms with E-state index in [9.17, 15) is 4.79 Å². The van der Waals surface area contributed by atoms with Crippen molar-refractivity contribution in [1.29, 1.82) is 0 Å². The maximum atomic E-state index is 12.1. The van der Waals surface area contributed by atoms with Crippen LogP contribution in [0.1, 0.15) is 15.9 Å². The topological polar surface area (TPSA) is 76.4 Å². The van der Waals surface area contributed by atoms with Crippen LogP contribution in [-0.4, -0.2) is 19.6 Å². The fourth-order valence-electron chi connectivity index (χ4n) is 2.05. The minimum Gasteiger partial charge on any atom is -0.497 e. The summed E-state index contributed by atoms with van der Waals surface area (Å²) in [6.07, 6.45) is 0.737. The molecule has 0 bridgehead atoms. The molecule has 2 aromatic carbocycles. The van der Waals surface area contributed by atoms with Gasteiger partial charge in [0, 0.05) is 6.54 Å². The lowest BCUT2D eigenvalue weighted by Gasteiger charge is -2.10. The van der Waals surface area contributed by atoms with E-state index in [4.69, 9.17) is 10.6 Å². The van der Waals surface area contributed by atoms with Gasteiger partial charge in [0.05, 0.1) is 18.4 Å². The van der Waals surface area contributed by atoms with Crippen LogP contribution in [-0.2, 0) is 6.42 Å². The number of nitrogens with one attached hydrogen (secondary N) is 2. The molecule has 1 amide bonds. The smallest absolute Gasteiger partial charge is 0.253 e. The molecular formula is C16H19N3O2. The van der Waals surface area contributed by atoms with Gasteiger partial charge in [-0.15, -0.1) is 0 Å². The molecule has 0 aliphatic heterocycles. The Hall–Kier alpha value is -2.53. The van der Waals surface area contributed by atoms with Crippen LogP contribution in [0.4, 0.5) is 5.69 Å². The van der Waals surface area contributed by atoms with E-state index in [0.717, 1.165) is 17.7 Å². The number of benzene rings is 2. The van der Waals surface area contributed by atoms with E-state index < -0.39 is 0 Å². The number of nitrogen functional groups attached to an aromatic ring is 1. The van der Waals surface area contributed by atoms with Crippen LogP contribution in [0.3, 0.4) is 0 Å². The third-order valence-electron chi connectivity index (χ3n) is 3.16. The number of rotatable bonds is 6. The van der Waals surface area contributed by atoms with Gasteiger partial charge in [-0.3, -0.25) is 10.6 Å². The highest BCUT2D eigenvalue weighted by atomic mass is 16.5. The maximum Gasteiger partial charge on any atom is 0.253 e. The number of anilines is 1. The number of carbonyl (C=O) groups is 1. The summed E-state index contributed by atoms with van der Waals surface area (Å²) in [4.78, 5) is 12.1. The largest absolute Gasteiger partial charge is 0.497 e. The van der Waals surface area contributed by atoms with E-state index >= 15 is 0 Å². The maximum absolute atomic E-state index is 12.1. The van der Waals surface area contributed by atoms with Gasteiger partial charge >= 0.3 is 0 Å².